The normalized spacial score (nSPS) is 12.9. The van der Waals surface area contributed by atoms with E-state index in [1.807, 2.05) is 12.1 Å². The molecule has 0 radical (unpaired) electrons. The number of carbonyl (C=O) groups is 1. The summed E-state index contributed by atoms with van der Waals surface area (Å²) in [6.45, 7) is 0. The van der Waals surface area contributed by atoms with Crippen molar-refractivity contribution >= 4 is 11.6 Å². The van der Waals surface area contributed by atoms with E-state index < -0.39 is 0 Å². The Morgan fingerprint density at radius 3 is 2.80 bits per heavy atom. The second-order valence-electron chi connectivity index (χ2n) is 6.13. The molecule has 0 saturated carbocycles. The van der Waals surface area contributed by atoms with Gasteiger partial charge in [-0.1, -0.05) is 17.3 Å². The first-order valence-corrected chi connectivity index (χ1v) is 8.21. The molecule has 1 amide bonds. The predicted molar refractivity (Wildman–Crippen MR) is 92.2 cm³/mol. The van der Waals surface area contributed by atoms with E-state index in [9.17, 15) is 9.90 Å². The molecule has 3 aromatic rings. The number of hydrogen-bond donors (Lipinski definition) is 2. The van der Waals surface area contributed by atoms with Crippen molar-refractivity contribution < 1.29 is 14.4 Å². The summed E-state index contributed by atoms with van der Waals surface area (Å²) in [6, 6.07) is 12.8. The minimum atomic E-state index is 0.0553. The molecule has 6 nitrogen and oxygen atoms in total. The van der Waals surface area contributed by atoms with E-state index in [4.69, 9.17) is 4.52 Å². The largest absolute Gasteiger partial charge is 0.508 e. The molecule has 1 aliphatic rings. The number of aromatic hydroxyl groups is 1. The number of anilines is 1. The Hall–Kier alpha value is -3.15. The lowest BCUT2D eigenvalue weighted by atomic mass is 10.0. The van der Waals surface area contributed by atoms with Crippen LogP contribution in [0.2, 0.25) is 0 Å². The van der Waals surface area contributed by atoms with Crippen molar-refractivity contribution in [3.63, 3.8) is 0 Å². The topological polar surface area (TPSA) is 88.2 Å². The van der Waals surface area contributed by atoms with Crippen LogP contribution in [-0.4, -0.2) is 21.2 Å². The van der Waals surface area contributed by atoms with E-state index in [0.29, 0.717) is 24.6 Å². The summed E-state index contributed by atoms with van der Waals surface area (Å²) in [4.78, 5) is 15.8. The van der Waals surface area contributed by atoms with Crippen LogP contribution < -0.4 is 5.32 Å². The van der Waals surface area contributed by atoms with E-state index in [1.165, 1.54) is 5.56 Å². The molecule has 2 aromatic carbocycles. The molecule has 6 heteroatoms. The van der Waals surface area contributed by atoms with E-state index in [-0.39, 0.29) is 11.7 Å². The summed E-state index contributed by atoms with van der Waals surface area (Å²) in [6.07, 6.45) is 2.93. The lowest BCUT2D eigenvalue weighted by Crippen LogP contribution is -2.03. The van der Waals surface area contributed by atoms with Gasteiger partial charge in [0.15, 0.2) is 0 Å². The van der Waals surface area contributed by atoms with Crippen LogP contribution in [-0.2, 0) is 24.1 Å². The highest BCUT2D eigenvalue weighted by atomic mass is 16.5. The summed E-state index contributed by atoms with van der Waals surface area (Å²) < 4.78 is 5.30. The van der Waals surface area contributed by atoms with Crippen LogP contribution in [0.25, 0.3) is 11.4 Å². The van der Waals surface area contributed by atoms with Crippen molar-refractivity contribution in [1.29, 1.82) is 0 Å². The van der Waals surface area contributed by atoms with Gasteiger partial charge < -0.3 is 14.9 Å². The number of rotatable bonds is 5. The zero-order valence-corrected chi connectivity index (χ0v) is 13.5. The van der Waals surface area contributed by atoms with Crippen LogP contribution in [0.4, 0.5) is 5.69 Å². The van der Waals surface area contributed by atoms with Gasteiger partial charge in [-0.05, 0) is 54.3 Å². The molecule has 0 aliphatic carbocycles. The number of nitrogens with one attached hydrogen (secondary N) is 1. The minimum Gasteiger partial charge on any atom is -0.508 e. The lowest BCUT2D eigenvalue weighted by molar-refractivity contribution is -0.115. The summed E-state index contributed by atoms with van der Waals surface area (Å²) in [7, 11) is 0. The number of phenolic OH excluding ortho intramolecular Hbond substituents is 1. The van der Waals surface area contributed by atoms with E-state index in [2.05, 4.69) is 21.5 Å². The molecule has 1 aromatic heterocycles. The molecule has 4 rings (SSSR count). The molecule has 0 saturated heterocycles. The fourth-order valence-corrected chi connectivity index (χ4v) is 2.97. The maximum atomic E-state index is 11.4. The Morgan fingerprint density at radius 1 is 1.12 bits per heavy atom. The van der Waals surface area contributed by atoms with Crippen LogP contribution in [0.15, 0.2) is 47.0 Å². The molecule has 25 heavy (non-hydrogen) atoms. The number of phenols is 1. The van der Waals surface area contributed by atoms with Crippen molar-refractivity contribution in [1.82, 2.24) is 10.1 Å². The Kier molecular flexibility index (Phi) is 3.93. The summed E-state index contributed by atoms with van der Waals surface area (Å²) in [5.41, 5.74) is 4.00. The highest BCUT2D eigenvalue weighted by Gasteiger charge is 2.17. The molecule has 0 fully saturated rings. The van der Waals surface area contributed by atoms with Gasteiger partial charge in [0.1, 0.15) is 5.75 Å². The van der Waals surface area contributed by atoms with Crippen LogP contribution in [0.3, 0.4) is 0 Å². The third-order valence-electron chi connectivity index (χ3n) is 4.24. The van der Waals surface area contributed by atoms with Crippen molar-refractivity contribution in [2.24, 2.45) is 0 Å². The molecule has 0 spiro atoms. The summed E-state index contributed by atoms with van der Waals surface area (Å²) >= 11 is 0. The third kappa shape index (κ3) is 3.38. The zero-order chi connectivity index (χ0) is 17.2. The number of hydrogen-bond acceptors (Lipinski definition) is 5. The number of aromatic nitrogens is 2. The van der Waals surface area contributed by atoms with Gasteiger partial charge in [-0.3, -0.25) is 4.79 Å². The van der Waals surface area contributed by atoms with Gasteiger partial charge in [0.25, 0.3) is 0 Å². The lowest BCUT2D eigenvalue weighted by Gasteiger charge is -2.03. The molecule has 2 heterocycles. The molecular formula is C19H17N3O3. The molecule has 1 aliphatic heterocycles. The van der Waals surface area contributed by atoms with Crippen LogP contribution in [0.1, 0.15) is 23.4 Å². The molecule has 126 valence electrons. The summed E-state index contributed by atoms with van der Waals surface area (Å²) in [5.74, 6) is 1.39. The standard InChI is InChI=1S/C19H17N3O3/c23-15-7-5-13(6-8-15)19-21-18(25-22-19)3-1-2-12-4-9-16-14(10-12)11-17(24)20-16/h4-10,23H,1-3,11H2,(H,20,24). The van der Waals surface area contributed by atoms with E-state index in [1.54, 1.807) is 24.3 Å². The second kappa shape index (κ2) is 6.39. The third-order valence-corrected chi connectivity index (χ3v) is 4.24. The van der Waals surface area contributed by atoms with Crippen molar-refractivity contribution in [3.05, 3.63) is 59.5 Å². The van der Waals surface area contributed by atoms with E-state index in [0.717, 1.165) is 29.7 Å². The Labute approximate surface area is 144 Å². The number of fused-ring (bicyclic) bond motifs is 1. The first-order valence-electron chi connectivity index (χ1n) is 8.21. The van der Waals surface area contributed by atoms with Crippen LogP contribution in [0, 0.1) is 0 Å². The highest BCUT2D eigenvalue weighted by molar-refractivity contribution is 5.99. The van der Waals surface area contributed by atoms with Gasteiger partial charge in [0.05, 0.1) is 6.42 Å². The number of amides is 1. The van der Waals surface area contributed by atoms with Gasteiger partial charge in [0.2, 0.25) is 17.6 Å². The average Bonchev–Trinajstić information content (AvgIpc) is 3.21. The van der Waals surface area contributed by atoms with Crippen molar-refractivity contribution in [2.45, 2.75) is 25.7 Å². The maximum Gasteiger partial charge on any atom is 0.228 e. The molecule has 0 bridgehead atoms. The molecule has 2 N–H and O–H groups in total. The van der Waals surface area contributed by atoms with Crippen LogP contribution >= 0.6 is 0 Å². The molecule has 0 atom stereocenters. The zero-order valence-electron chi connectivity index (χ0n) is 13.5. The van der Waals surface area contributed by atoms with E-state index >= 15 is 0 Å². The monoisotopic (exact) mass is 335 g/mol. The first-order chi connectivity index (χ1) is 12.2. The fraction of sp³-hybridized carbons (Fsp3) is 0.211. The average molecular weight is 335 g/mol. The fourth-order valence-electron chi connectivity index (χ4n) is 2.97. The maximum absolute atomic E-state index is 11.4. The van der Waals surface area contributed by atoms with Gasteiger partial charge >= 0.3 is 0 Å². The summed E-state index contributed by atoms with van der Waals surface area (Å²) in [5, 5.41) is 16.1. The Balaban J connectivity index is 1.36. The van der Waals surface area contributed by atoms with Gasteiger partial charge in [-0.25, -0.2) is 0 Å². The Morgan fingerprint density at radius 2 is 1.96 bits per heavy atom. The first kappa shape index (κ1) is 15.4. The number of nitrogens with zero attached hydrogens (tertiary/aromatic N) is 2. The van der Waals surface area contributed by atoms with Gasteiger partial charge in [0, 0.05) is 17.7 Å². The minimum absolute atomic E-state index is 0.0553. The van der Waals surface area contributed by atoms with Gasteiger partial charge in [-0.15, -0.1) is 0 Å². The van der Waals surface area contributed by atoms with Crippen molar-refractivity contribution in [2.75, 3.05) is 5.32 Å². The molecular weight excluding hydrogens is 318 g/mol. The predicted octanol–water partition coefficient (Wildman–Crippen LogP) is 3.11. The number of aryl methyl sites for hydroxylation is 2. The second-order valence-corrected chi connectivity index (χ2v) is 6.13. The Bertz CT molecular complexity index is 916. The highest BCUT2D eigenvalue weighted by Crippen LogP contribution is 2.24. The van der Waals surface area contributed by atoms with Crippen LogP contribution in [0.5, 0.6) is 5.75 Å². The van der Waals surface area contributed by atoms with Crippen molar-refractivity contribution in [3.8, 4) is 17.1 Å². The number of carbonyl (C=O) groups excluding carboxylic acids is 1. The SMILES string of the molecule is O=C1Cc2cc(CCCc3nc(-c4ccc(O)cc4)no3)ccc2N1. The molecule has 0 unspecified atom stereocenters. The number of benzene rings is 2. The smallest absolute Gasteiger partial charge is 0.228 e. The van der Waals surface area contributed by atoms with Gasteiger partial charge in [-0.2, -0.15) is 4.98 Å². The quantitative estimate of drug-likeness (QED) is 0.748.